The van der Waals surface area contributed by atoms with E-state index in [4.69, 9.17) is 4.74 Å². The molecule has 118 valence electrons. The lowest BCUT2D eigenvalue weighted by molar-refractivity contribution is 0.0682. The number of likely N-dealkylation sites (tertiary alicyclic amines) is 1. The van der Waals surface area contributed by atoms with Crippen LogP contribution < -0.4 is 4.74 Å². The number of carbonyl (C=O) groups is 1. The minimum atomic E-state index is -0.0165. The predicted octanol–water partition coefficient (Wildman–Crippen LogP) is 1.19. The number of likely N-dealkylation sites (N-methyl/N-ethyl adjacent to an activating group) is 1. The fraction of sp³-hybridized carbons (Fsp3) is 0.353. The second kappa shape index (κ2) is 5.62. The number of rotatable bonds is 2. The standard InChI is InChI=1S/C17H18N4O2/c1-20-14-9-21(8-12-6-18-11-19-7-12)10-16(14)23-15-5-3-2-4-13(15)17(20)22/h2-7,11,14,16H,8-10H2,1H3. The summed E-state index contributed by atoms with van der Waals surface area (Å²) in [4.78, 5) is 24.9. The highest BCUT2D eigenvalue weighted by Gasteiger charge is 2.41. The molecule has 0 spiro atoms. The second-order valence-electron chi connectivity index (χ2n) is 6.08. The molecule has 0 N–H and O–H groups in total. The molecular formula is C17H18N4O2. The number of benzene rings is 1. The molecule has 3 heterocycles. The summed E-state index contributed by atoms with van der Waals surface area (Å²) in [6.45, 7) is 2.34. The minimum Gasteiger partial charge on any atom is -0.486 e. The van der Waals surface area contributed by atoms with Gasteiger partial charge in [0.1, 0.15) is 18.2 Å². The maximum Gasteiger partial charge on any atom is 0.257 e. The van der Waals surface area contributed by atoms with Gasteiger partial charge in [0.05, 0.1) is 11.6 Å². The first kappa shape index (κ1) is 14.1. The van der Waals surface area contributed by atoms with Gasteiger partial charge >= 0.3 is 0 Å². The molecule has 0 saturated carbocycles. The van der Waals surface area contributed by atoms with E-state index in [1.807, 2.05) is 48.6 Å². The van der Waals surface area contributed by atoms with Gasteiger partial charge in [-0.2, -0.15) is 0 Å². The summed E-state index contributed by atoms with van der Waals surface area (Å²) >= 11 is 0. The van der Waals surface area contributed by atoms with Crippen molar-refractivity contribution in [3.8, 4) is 5.75 Å². The Labute approximate surface area is 134 Å². The van der Waals surface area contributed by atoms with E-state index in [2.05, 4.69) is 14.9 Å². The first-order chi connectivity index (χ1) is 11.2. The van der Waals surface area contributed by atoms with Gasteiger partial charge in [0.25, 0.3) is 5.91 Å². The fourth-order valence-electron chi connectivity index (χ4n) is 3.37. The monoisotopic (exact) mass is 310 g/mol. The molecule has 6 heteroatoms. The zero-order chi connectivity index (χ0) is 15.8. The van der Waals surface area contributed by atoms with Crippen LogP contribution in [0.2, 0.25) is 0 Å². The van der Waals surface area contributed by atoms with Gasteiger partial charge in [-0.1, -0.05) is 12.1 Å². The molecule has 2 atom stereocenters. The lowest BCUT2D eigenvalue weighted by Crippen LogP contribution is -2.44. The number of carbonyl (C=O) groups excluding carboxylic acids is 1. The van der Waals surface area contributed by atoms with Gasteiger partial charge in [0.15, 0.2) is 0 Å². The minimum absolute atomic E-state index is 0.0165. The number of para-hydroxylation sites is 1. The van der Waals surface area contributed by atoms with Crippen molar-refractivity contribution >= 4 is 5.91 Å². The van der Waals surface area contributed by atoms with Crippen molar-refractivity contribution in [2.75, 3.05) is 20.1 Å². The molecule has 1 aromatic carbocycles. The van der Waals surface area contributed by atoms with Crippen LogP contribution in [0, 0.1) is 0 Å². The molecular weight excluding hydrogens is 292 g/mol. The average Bonchev–Trinajstić information content (AvgIpc) is 2.93. The Morgan fingerprint density at radius 2 is 2.00 bits per heavy atom. The molecule has 1 amide bonds. The summed E-state index contributed by atoms with van der Waals surface area (Å²) in [5.41, 5.74) is 1.71. The van der Waals surface area contributed by atoms with Crippen molar-refractivity contribution < 1.29 is 9.53 Å². The van der Waals surface area contributed by atoms with Crippen molar-refractivity contribution in [3.63, 3.8) is 0 Å². The van der Waals surface area contributed by atoms with Crippen LogP contribution in [0.1, 0.15) is 15.9 Å². The Morgan fingerprint density at radius 1 is 1.22 bits per heavy atom. The summed E-state index contributed by atoms with van der Waals surface area (Å²) in [6, 6.07) is 7.53. The quantitative estimate of drug-likeness (QED) is 0.834. The molecule has 4 rings (SSSR count). The van der Waals surface area contributed by atoms with Crippen molar-refractivity contribution in [3.05, 3.63) is 54.1 Å². The molecule has 2 aliphatic rings. The number of nitrogens with zero attached hydrogens (tertiary/aromatic N) is 4. The SMILES string of the molecule is CN1C(=O)c2ccccc2OC2CN(Cc3cncnc3)CC21. The maximum atomic E-state index is 12.7. The summed E-state index contributed by atoms with van der Waals surface area (Å²) in [5.74, 6) is 0.708. The topological polar surface area (TPSA) is 58.6 Å². The zero-order valence-electron chi connectivity index (χ0n) is 12.9. The third-order valence-electron chi connectivity index (χ3n) is 4.55. The van der Waals surface area contributed by atoms with E-state index < -0.39 is 0 Å². The first-order valence-electron chi connectivity index (χ1n) is 7.71. The third-order valence-corrected chi connectivity index (χ3v) is 4.55. The maximum absolute atomic E-state index is 12.7. The van der Waals surface area contributed by atoms with Gasteiger partial charge in [0.2, 0.25) is 0 Å². The van der Waals surface area contributed by atoms with Gasteiger partial charge in [-0.25, -0.2) is 9.97 Å². The van der Waals surface area contributed by atoms with E-state index in [1.54, 1.807) is 0 Å². The molecule has 6 nitrogen and oxygen atoms in total. The molecule has 0 aliphatic carbocycles. The smallest absolute Gasteiger partial charge is 0.257 e. The van der Waals surface area contributed by atoms with E-state index >= 15 is 0 Å². The zero-order valence-corrected chi connectivity index (χ0v) is 12.9. The van der Waals surface area contributed by atoms with Crippen molar-refractivity contribution in [1.82, 2.24) is 19.8 Å². The number of hydrogen-bond acceptors (Lipinski definition) is 5. The van der Waals surface area contributed by atoms with Crippen LogP contribution in [-0.4, -0.2) is 58.0 Å². The number of amides is 1. The lowest BCUT2D eigenvalue weighted by Gasteiger charge is -2.25. The van der Waals surface area contributed by atoms with E-state index in [9.17, 15) is 4.79 Å². The van der Waals surface area contributed by atoms with Crippen LogP contribution in [0.5, 0.6) is 5.75 Å². The Hall–Kier alpha value is -2.47. The number of fused-ring (bicyclic) bond motifs is 2. The van der Waals surface area contributed by atoms with Crippen LogP contribution in [0.25, 0.3) is 0 Å². The molecule has 23 heavy (non-hydrogen) atoms. The van der Waals surface area contributed by atoms with Crippen LogP contribution in [0.4, 0.5) is 0 Å². The van der Waals surface area contributed by atoms with Crippen molar-refractivity contribution in [1.29, 1.82) is 0 Å². The summed E-state index contributed by atoms with van der Waals surface area (Å²) in [7, 11) is 1.86. The highest BCUT2D eigenvalue weighted by atomic mass is 16.5. The van der Waals surface area contributed by atoms with Crippen LogP contribution >= 0.6 is 0 Å². The Kier molecular flexibility index (Phi) is 3.46. The lowest BCUT2D eigenvalue weighted by atomic mass is 10.1. The van der Waals surface area contributed by atoms with Crippen molar-refractivity contribution in [2.45, 2.75) is 18.7 Å². The summed E-state index contributed by atoms with van der Waals surface area (Å²) in [5, 5.41) is 0. The highest BCUT2D eigenvalue weighted by molar-refractivity contribution is 5.97. The summed E-state index contributed by atoms with van der Waals surface area (Å²) < 4.78 is 6.15. The van der Waals surface area contributed by atoms with Crippen LogP contribution in [-0.2, 0) is 6.54 Å². The van der Waals surface area contributed by atoms with Gasteiger partial charge in [0, 0.05) is 44.6 Å². The first-order valence-corrected chi connectivity index (χ1v) is 7.71. The second-order valence-corrected chi connectivity index (χ2v) is 6.08. The van der Waals surface area contributed by atoms with Crippen molar-refractivity contribution in [2.24, 2.45) is 0 Å². The van der Waals surface area contributed by atoms with Gasteiger partial charge in [-0.3, -0.25) is 9.69 Å². The third kappa shape index (κ3) is 2.55. The Bertz CT molecular complexity index is 722. The normalized spacial score (nSPS) is 23.9. The van der Waals surface area contributed by atoms with Gasteiger partial charge < -0.3 is 9.64 Å². The molecule has 2 aliphatic heterocycles. The molecule has 2 unspecified atom stereocenters. The molecule has 0 radical (unpaired) electrons. The van der Waals surface area contributed by atoms with E-state index in [0.717, 1.165) is 25.2 Å². The number of hydrogen-bond donors (Lipinski definition) is 0. The highest BCUT2D eigenvalue weighted by Crippen LogP contribution is 2.30. The molecule has 1 aromatic heterocycles. The Balaban J connectivity index is 1.57. The Morgan fingerprint density at radius 3 is 2.83 bits per heavy atom. The molecule has 0 bridgehead atoms. The largest absolute Gasteiger partial charge is 0.486 e. The van der Waals surface area contributed by atoms with E-state index in [-0.39, 0.29) is 18.1 Å². The fourth-order valence-corrected chi connectivity index (χ4v) is 3.37. The molecule has 2 aromatic rings. The van der Waals surface area contributed by atoms with Gasteiger partial charge in [-0.05, 0) is 12.1 Å². The van der Waals surface area contributed by atoms with E-state index in [1.165, 1.54) is 6.33 Å². The molecule has 1 fully saturated rings. The van der Waals surface area contributed by atoms with Crippen LogP contribution in [0.3, 0.4) is 0 Å². The predicted molar refractivity (Wildman–Crippen MR) is 84.0 cm³/mol. The molecule has 1 saturated heterocycles. The summed E-state index contributed by atoms with van der Waals surface area (Å²) in [6.07, 6.45) is 5.17. The van der Waals surface area contributed by atoms with Crippen LogP contribution in [0.15, 0.2) is 43.0 Å². The number of aromatic nitrogens is 2. The van der Waals surface area contributed by atoms with Gasteiger partial charge in [-0.15, -0.1) is 0 Å². The number of ether oxygens (including phenoxy) is 1. The average molecular weight is 310 g/mol. The van der Waals surface area contributed by atoms with E-state index in [0.29, 0.717) is 11.3 Å².